The van der Waals surface area contributed by atoms with Gasteiger partial charge in [0.15, 0.2) is 0 Å². The summed E-state index contributed by atoms with van der Waals surface area (Å²) in [4.78, 5) is 24.1. The van der Waals surface area contributed by atoms with Gasteiger partial charge in [0, 0.05) is 11.2 Å². The van der Waals surface area contributed by atoms with Crippen LogP contribution in [-0.2, 0) is 9.53 Å². The molecule has 1 amide bonds. The molecule has 0 bridgehead atoms. The molecule has 0 spiro atoms. The van der Waals surface area contributed by atoms with Crippen LogP contribution in [0, 0.1) is 5.41 Å². The Kier molecular flexibility index (Phi) is 5.12. The molecule has 0 saturated heterocycles. The van der Waals surface area contributed by atoms with Crippen LogP contribution in [-0.4, -0.2) is 24.0 Å². The van der Waals surface area contributed by atoms with Crippen molar-refractivity contribution in [1.82, 2.24) is 0 Å². The highest BCUT2D eigenvalue weighted by Gasteiger charge is 2.40. The van der Waals surface area contributed by atoms with Gasteiger partial charge in [-0.05, 0) is 52.8 Å². The van der Waals surface area contributed by atoms with Crippen molar-refractivity contribution < 1.29 is 14.3 Å². The Bertz CT molecular complexity index is 531. The molecule has 0 aromatic heterocycles. The number of carbonyl (C=O) groups excluding carboxylic acids is 2. The summed E-state index contributed by atoms with van der Waals surface area (Å²) in [6, 6.07) is 6.66. The number of nitrogens with two attached hydrogens (primary N) is 1. The molecule has 1 aromatic rings. The van der Waals surface area contributed by atoms with Crippen molar-refractivity contribution in [3.63, 3.8) is 0 Å². The van der Waals surface area contributed by atoms with E-state index in [1.165, 1.54) is 0 Å². The van der Waals surface area contributed by atoms with E-state index >= 15 is 0 Å². The molecule has 5 heteroatoms. The third kappa shape index (κ3) is 4.04. The zero-order valence-corrected chi connectivity index (χ0v) is 13.3. The van der Waals surface area contributed by atoms with E-state index in [9.17, 15) is 9.59 Å². The van der Waals surface area contributed by atoms with Crippen LogP contribution in [0.4, 0.5) is 5.69 Å². The smallest absolute Gasteiger partial charge is 0.338 e. The molecule has 1 rings (SSSR count). The van der Waals surface area contributed by atoms with E-state index in [-0.39, 0.29) is 5.91 Å². The number of esters is 1. The largest absolute Gasteiger partial charge is 0.462 e. The maximum atomic E-state index is 12.4. The van der Waals surface area contributed by atoms with Gasteiger partial charge in [-0.15, -0.1) is 0 Å². The standard InChI is InChI=1S/C16H24N2O3/c1-6-21-13(19)11-8-7-9-12(10-11)18-14(20)15(2,3)16(4,5)17/h7-10H,6,17H2,1-5H3,(H,18,20). The van der Waals surface area contributed by atoms with Crippen LogP contribution >= 0.6 is 0 Å². The Balaban J connectivity index is 2.92. The lowest BCUT2D eigenvalue weighted by atomic mass is 9.74. The number of amides is 1. The maximum Gasteiger partial charge on any atom is 0.338 e. The highest BCUT2D eigenvalue weighted by molar-refractivity contribution is 5.97. The molecule has 0 saturated carbocycles. The lowest BCUT2D eigenvalue weighted by Gasteiger charge is -2.36. The number of ether oxygens (including phenoxy) is 1. The van der Waals surface area contributed by atoms with Crippen LogP contribution in [0.1, 0.15) is 45.0 Å². The molecule has 0 unspecified atom stereocenters. The van der Waals surface area contributed by atoms with Gasteiger partial charge in [-0.2, -0.15) is 0 Å². The predicted molar refractivity (Wildman–Crippen MR) is 83.1 cm³/mol. The van der Waals surface area contributed by atoms with E-state index in [4.69, 9.17) is 10.5 Å². The van der Waals surface area contributed by atoms with Gasteiger partial charge in [-0.1, -0.05) is 6.07 Å². The van der Waals surface area contributed by atoms with Crippen molar-refractivity contribution in [2.24, 2.45) is 11.1 Å². The summed E-state index contributed by atoms with van der Waals surface area (Å²) >= 11 is 0. The molecule has 0 aliphatic heterocycles. The van der Waals surface area contributed by atoms with Gasteiger partial charge < -0.3 is 15.8 Å². The Morgan fingerprint density at radius 1 is 1.24 bits per heavy atom. The first-order valence-electron chi connectivity index (χ1n) is 6.97. The van der Waals surface area contributed by atoms with Crippen molar-refractivity contribution in [2.75, 3.05) is 11.9 Å². The molecule has 5 nitrogen and oxygen atoms in total. The SMILES string of the molecule is CCOC(=O)c1cccc(NC(=O)C(C)(C)C(C)(C)N)c1. The summed E-state index contributed by atoms with van der Waals surface area (Å²) in [5.41, 5.74) is 5.57. The summed E-state index contributed by atoms with van der Waals surface area (Å²) in [6.45, 7) is 9.25. The number of benzene rings is 1. The van der Waals surface area contributed by atoms with E-state index in [0.717, 1.165) is 0 Å². The second-order valence-corrected chi connectivity index (χ2v) is 6.10. The third-order valence-electron chi connectivity index (χ3n) is 3.81. The van der Waals surface area contributed by atoms with Gasteiger partial charge in [0.1, 0.15) is 0 Å². The number of rotatable bonds is 5. The van der Waals surface area contributed by atoms with Crippen LogP contribution in [0.2, 0.25) is 0 Å². The molecule has 0 aliphatic carbocycles. The van der Waals surface area contributed by atoms with E-state index in [2.05, 4.69) is 5.32 Å². The molecule has 0 heterocycles. The van der Waals surface area contributed by atoms with Gasteiger partial charge in [-0.3, -0.25) is 4.79 Å². The van der Waals surface area contributed by atoms with E-state index in [1.54, 1.807) is 45.0 Å². The van der Waals surface area contributed by atoms with Gasteiger partial charge in [0.25, 0.3) is 0 Å². The molecule has 0 atom stereocenters. The van der Waals surface area contributed by atoms with Gasteiger partial charge in [0.05, 0.1) is 17.6 Å². The Morgan fingerprint density at radius 3 is 2.38 bits per heavy atom. The van der Waals surface area contributed by atoms with Crippen LogP contribution in [0.15, 0.2) is 24.3 Å². The zero-order chi connectivity index (χ0) is 16.3. The fraction of sp³-hybridized carbons (Fsp3) is 0.500. The minimum Gasteiger partial charge on any atom is -0.462 e. The summed E-state index contributed by atoms with van der Waals surface area (Å²) < 4.78 is 4.94. The lowest BCUT2D eigenvalue weighted by Crippen LogP contribution is -2.53. The van der Waals surface area contributed by atoms with E-state index < -0.39 is 16.9 Å². The monoisotopic (exact) mass is 292 g/mol. The van der Waals surface area contributed by atoms with Crippen LogP contribution in [0.25, 0.3) is 0 Å². The van der Waals surface area contributed by atoms with E-state index in [1.807, 2.05) is 13.8 Å². The second kappa shape index (κ2) is 6.26. The fourth-order valence-electron chi connectivity index (χ4n) is 1.52. The molecule has 1 aromatic carbocycles. The normalized spacial score (nSPS) is 11.9. The first-order chi connectivity index (χ1) is 9.59. The van der Waals surface area contributed by atoms with Crippen molar-refractivity contribution in [3.8, 4) is 0 Å². The fourth-order valence-corrected chi connectivity index (χ4v) is 1.52. The molecule has 3 N–H and O–H groups in total. The van der Waals surface area contributed by atoms with Crippen molar-refractivity contribution >= 4 is 17.6 Å². The van der Waals surface area contributed by atoms with Crippen LogP contribution in [0.5, 0.6) is 0 Å². The molecular weight excluding hydrogens is 268 g/mol. The number of nitrogens with one attached hydrogen (secondary N) is 1. The number of anilines is 1. The van der Waals surface area contributed by atoms with Gasteiger partial charge >= 0.3 is 5.97 Å². The highest BCUT2D eigenvalue weighted by Crippen LogP contribution is 2.29. The molecule has 0 aliphatic rings. The van der Waals surface area contributed by atoms with Crippen molar-refractivity contribution in [2.45, 2.75) is 40.2 Å². The summed E-state index contributed by atoms with van der Waals surface area (Å²) in [6.07, 6.45) is 0. The number of hydrogen-bond acceptors (Lipinski definition) is 4. The van der Waals surface area contributed by atoms with Gasteiger partial charge in [0.2, 0.25) is 5.91 Å². The molecule has 116 valence electrons. The minimum absolute atomic E-state index is 0.198. The molecule has 0 fully saturated rings. The number of hydrogen-bond donors (Lipinski definition) is 2. The molecule has 21 heavy (non-hydrogen) atoms. The predicted octanol–water partition coefficient (Wildman–Crippen LogP) is 2.57. The highest BCUT2D eigenvalue weighted by atomic mass is 16.5. The first kappa shape index (κ1) is 17.2. The van der Waals surface area contributed by atoms with Crippen LogP contribution in [0.3, 0.4) is 0 Å². The van der Waals surface area contributed by atoms with E-state index in [0.29, 0.717) is 17.9 Å². The maximum absolute atomic E-state index is 12.4. The Hall–Kier alpha value is -1.88. The Labute approximate surface area is 125 Å². The summed E-state index contributed by atoms with van der Waals surface area (Å²) in [7, 11) is 0. The average molecular weight is 292 g/mol. The first-order valence-corrected chi connectivity index (χ1v) is 6.97. The summed E-state index contributed by atoms with van der Waals surface area (Å²) in [5.74, 6) is -0.608. The average Bonchev–Trinajstić information content (AvgIpc) is 2.38. The topological polar surface area (TPSA) is 81.4 Å². The van der Waals surface area contributed by atoms with Crippen LogP contribution < -0.4 is 11.1 Å². The third-order valence-corrected chi connectivity index (χ3v) is 3.81. The minimum atomic E-state index is -0.757. The Morgan fingerprint density at radius 2 is 1.86 bits per heavy atom. The zero-order valence-electron chi connectivity index (χ0n) is 13.3. The number of carbonyl (C=O) groups is 2. The summed E-state index contributed by atoms with van der Waals surface area (Å²) in [5, 5.41) is 2.80. The van der Waals surface area contributed by atoms with Crippen molar-refractivity contribution in [1.29, 1.82) is 0 Å². The lowest BCUT2D eigenvalue weighted by molar-refractivity contribution is -0.126. The quantitative estimate of drug-likeness (QED) is 0.817. The van der Waals surface area contributed by atoms with Crippen molar-refractivity contribution in [3.05, 3.63) is 29.8 Å². The van der Waals surface area contributed by atoms with Gasteiger partial charge in [-0.25, -0.2) is 4.79 Å². The second-order valence-electron chi connectivity index (χ2n) is 6.10. The molecule has 0 radical (unpaired) electrons. The molecular formula is C16H24N2O3.